The second-order valence-electron chi connectivity index (χ2n) is 4.63. The molecule has 0 heterocycles. The molecule has 0 aliphatic carbocycles. The molecule has 1 aromatic rings. The van der Waals surface area contributed by atoms with Gasteiger partial charge in [0, 0.05) is 12.8 Å². The maximum atomic E-state index is 12.3. The van der Waals surface area contributed by atoms with E-state index in [-0.39, 0.29) is 6.42 Å². The highest BCUT2D eigenvalue weighted by molar-refractivity contribution is 9.11. The number of benzene rings is 1. The zero-order chi connectivity index (χ0) is 15.9. The molecule has 0 saturated carbocycles. The molecule has 0 fully saturated rings. The lowest BCUT2D eigenvalue weighted by atomic mass is 9.80. The topological polar surface area (TPSA) is 47.6 Å². The van der Waals surface area contributed by atoms with Crippen molar-refractivity contribution in [2.24, 2.45) is 5.41 Å². The van der Waals surface area contributed by atoms with E-state index in [1.165, 1.54) is 0 Å². The van der Waals surface area contributed by atoms with E-state index in [1.54, 1.807) is 47.5 Å². The number of hydrogen-bond acceptors (Lipinski definition) is 2. The van der Waals surface area contributed by atoms with E-state index in [1.807, 2.05) is 0 Å². The Kier molecular flexibility index (Phi) is 5.99. The molecule has 0 aliphatic heterocycles. The van der Waals surface area contributed by atoms with Gasteiger partial charge in [0.25, 0.3) is 0 Å². The first-order chi connectivity index (χ1) is 9.84. The number of halogens is 4. The molecule has 0 saturated heterocycles. The number of nitriles is 2. The minimum atomic E-state index is -4.37. The van der Waals surface area contributed by atoms with Crippen molar-refractivity contribution in [3.8, 4) is 12.1 Å². The van der Waals surface area contributed by atoms with Crippen molar-refractivity contribution in [3.63, 3.8) is 0 Å². The third-order valence-corrected chi connectivity index (χ3v) is 3.27. The van der Waals surface area contributed by atoms with Crippen LogP contribution in [0.15, 0.2) is 29.3 Å². The fourth-order valence-electron chi connectivity index (χ4n) is 1.83. The van der Waals surface area contributed by atoms with Crippen LogP contribution in [0, 0.1) is 28.1 Å². The lowest BCUT2D eigenvalue weighted by Gasteiger charge is -2.19. The Morgan fingerprint density at radius 2 is 1.62 bits per heavy atom. The summed E-state index contributed by atoms with van der Waals surface area (Å²) in [5.41, 5.74) is -0.0834. The summed E-state index contributed by atoms with van der Waals surface area (Å²) < 4.78 is 36.9. The van der Waals surface area contributed by atoms with Gasteiger partial charge in [0.15, 0.2) is 0 Å². The van der Waals surface area contributed by atoms with Gasteiger partial charge in [-0.2, -0.15) is 23.7 Å². The van der Waals surface area contributed by atoms with Crippen LogP contribution in [0.25, 0.3) is 6.08 Å². The number of alkyl halides is 3. The predicted molar refractivity (Wildman–Crippen MR) is 77.1 cm³/mol. The average molecular weight is 357 g/mol. The summed E-state index contributed by atoms with van der Waals surface area (Å²) in [7, 11) is 0. The minimum Gasteiger partial charge on any atom is -0.197 e. The molecule has 0 atom stereocenters. The molecule has 0 aliphatic rings. The van der Waals surface area contributed by atoms with E-state index < -0.39 is 24.4 Å². The summed E-state index contributed by atoms with van der Waals surface area (Å²) in [4.78, 5) is 1.68. The van der Waals surface area contributed by atoms with Gasteiger partial charge in [0.05, 0.1) is 12.1 Å². The van der Waals surface area contributed by atoms with E-state index in [0.29, 0.717) is 5.56 Å². The molecule has 2 nitrogen and oxygen atoms in total. The molecular weight excluding hydrogens is 345 g/mol. The minimum absolute atomic E-state index is 0.0195. The van der Waals surface area contributed by atoms with E-state index >= 15 is 0 Å². The molecule has 0 spiro atoms. The van der Waals surface area contributed by atoms with Crippen molar-refractivity contribution in [3.05, 3.63) is 40.4 Å². The van der Waals surface area contributed by atoms with Gasteiger partial charge in [0.2, 0.25) is 0 Å². The fourth-order valence-corrected chi connectivity index (χ4v) is 2.13. The van der Waals surface area contributed by atoms with Crippen molar-refractivity contribution in [2.75, 3.05) is 0 Å². The Labute approximate surface area is 129 Å². The van der Waals surface area contributed by atoms with Gasteiger partial charge in [-0.3, -0.25) is 0 Å². The normalized spacial score (nSPS) is 12.1. The SMILES string of the molecule is N#CC(C#N)(CCC(F)(F)F)Cc1ccc(/C=C/Br)cc1. The van der Waals surface area contributed by atoms with Gasteiger partial charge < -0.3 is 0 Å². The molecule has 0 bridgehead atoms. The molecule has 21 heavy (non-hydrogen) atoms. The van der Waals surface area contributed by atoms with Crippen molar-refractivity contribution in [1.29, 1.82) is 10.5 Å². The van der Waals surface area contributed by atoms with Gasteiger partial charge in [-0.25, -0.2) is 0 Å². The molecule has 0 amide bonds. The molecule has 0 radical (unpaired) electrons. The van der Waals surface area contributed by atoms with Crippen LogP contribution in [0.5, 0.6) is 0 Å². The maximum Gasteiger partial charge on any atom is 0.389 e. The predicted octanol–water partition coefficient (Wildman–Crippen LogP) is 4.97. The molecule has 110 valence electrons. The maximum absolute atomic E-state index is 12.3. The van der Waals surface area contributed by atoms with E-state index in [4.69, 9.17) is 10.5 Å². The van der Waals surface area contributed by atoms with Crippen LogP contribution in [-0.4, -0.2) is 6.18 Å². The second kappa shape index (κ2) is 7.28. The van der Waals surface area contributed by atoms with Crippen LogP contribution >= 0.6 is 15.9 Å². The molecule has 0 unspecified atom stereocenters. The van der Waals surface area contributed by atoms with Crippen LogP contribution < -0.4 is 0 Å². The number of nitrogens with zero attached hydrogens (tertiary/aromatic N) is 2. The van der Waals surface area contributed by atoms with Crippen molar-refractivity contribution >= 4 is 22.0 Å². The molecule has 1 aromatic carbocycles. The first kappa shape index (κ1) is 17.3. The highest BCUT2D eigenvalue weighted by atomic mass is 79.9. The van der Waals surface area contributed by atoms with Gasteiger partial charge in [-0.15, -0.1) is 0 Å². The van der Waals surface area contributed by atoms with Gasteiger partial charge in [-0.1, -0.05) is 40.2 Å². The summed E-state index contributed by atoms with van der Waals surface area (Å²) in [5, 5.41) is 18.2. The number of rotatable bonds is 5. The van der Waals surface area contributed by atoms with E-state index in [0.717, 1.165) is 5.56 Å². The fraction of sp³-hybridized carbons (Fsp3) is 0.333. The third kappa shape index (κ3) is 5.61. The lowest BCUT2D eigenvalue weighted by molar-refractivity contribution is -0.138. The van der Waals surface area contributed by atoms with Crippen LogP contribution in [0.4, 0.5) is 13.2 Å². The Balaban J connectivity index is 2.88. The van der Waals surface area contributed by atoms with Crippen LogP contribution in [-0.2, 0) is 6.42 Å². The first-order valence-corrected chi connectivity index (χ1v) is 7.01. The summed E-state index contributed by atoms with van der Waals surface area (Å²) >= 11 is 3.14. The van der Waals surface area contributed by atoms with Crippen molar-refractivity contribution < 1.29 is 13.2 Å². The lowest BCUT2D eigenvalue weighted by Crippen LogP contribution is -2.23. The monoisotopic (exact) mass is 356 g/mol. The Bertz CT molecular complexity index is 563. The molecule has 0 aromatic heterocycles. The Hall–Kier alpha value is -1.79. The van der Waals surface area contributed by atoms with Crippen LogP contribution in [0.2, 0.25) is 0 Å². The Morgan fingerprint density at radius 1 is 1.05 bits per heavy atom. The summed E-state index contributed by atoms with van der Waals surface area (Å²) in [6.45, 7) is 0. The zero-order valence-corrected chi connectivity index (χ0v) is 12.6. The van der Waals surface area contributed by atoms with E-state index in [9.17, 15) is 13.2 Å². The van der Waals surface area contributed by atoms with Crippen molar-refractivity contribution in [1.82, 2.24) is 0 Å². The summed E-state index contributed by atoms with van der Waals surface area (Å²) in [6, 6.07) is 10.5. The van der Waals surface area contributed by atoms with Crippen molar-refractivity contribution in [2.45, 2.75) is 25.4 Å². The van der Waals surface area contributed by atoms with E-state index in [2.05, 4.69) is 15.9 Å². The largest absolute Gasteiger partial charge is 0.389 e. The summed E-state index contributed by atoms with van der Waals surface area (Å²) in [6.07, 6.45) is -4.25. The third-order valence-electron chi connectivity index (χ3n) is 3.00. The standard InChI is InChI=1S/C15H12BrF3N2/c16-8-5-12-1-3-13(4-2-12)9-14(10-20,11-21)6-7-15(17,18)19/h1-5,8H,6-7,9H2/b8-5+. The Morgan fingerprint density at radius 3 is 2.05 bits per heavy atom. The van der Waals surface area contributed by atoms with Crippen LogP contribution in [0.3, 0.4) is 0 Å². The first-order valence-electron chi connectivity index (χ1n) is 6.09. The second-order valence-corrected chi connectivity index (χ2v) is 5.16. The molecule has 6 heteroatoms. The quantitative estimate of drug-likeness (QED) is 0.747. The number of hydrogen-bond donors (Lipinski definition) is 0. The molecular formula is C15H12BrF3N2. The van der Waals surface area contributed by atoms with Gasteiger partial charge in [0.1, 0.15) is 5.41 Å². The van der Waals surface area contributed by atoms with Gasteiger partial charge in [-0.05, 0) is 28.6 Å². The average Bonchev–Trinajstić information content (AvgIpc) is 2.45. The smallest absolute Gasteiger partial charge is 0.197 e. The van der Waals surface area contributed by atoms with Gasteiger partial charge >= 0.3 is 6.18 Å². The van der Waals surface area contributed by atoms with Crippen LogP contribution in [0.1, 0.15) is 24.0 Å². The summed E-state index contributed by atoms with van der Waals surface area (Å²) in [5.74, 6) is 0. The molecule has 0 N–H and O–H groups in total. The highest BCUT2D eigenvalue weighted by Crippen LogP contribution is 2.33. The highest BCUT2D eigenvalue weighted by Gasteiger charge is 2.37. The zero-order valence-electron chi connectivity index (χ0n) is 11.0. The molecule has 1 rings (SSSR count).